The van der Waals surface area contributed by atoms with Crippen LogP contribution in [0.3, 0.4) is 0 Å². The monoisotopic (exact) mass is 1800 g/mol. The number of fused-ring (bicyclic) bond motifs is 3. The molecule has 8 aromatic carbocycles. The number of nitriles is 3. The molecule has 20 rings (SSSR count). The molecule has 6 aromatic heterocycles. The van der Waals surface area contributed by atoms with Gasteiger partial charge in [0.05, 0.1) is 90.6 Å². The van der Waals surface area contributed by atoms with E-state index in [1.807, 2.05) is 103 Å². The number of ether oxygens (including phenoxy) is 6. The number of nitrogens with zero attached hydrogens (tertiary/aromatic N) is 13. The second-order valence-corrected chi connectivity index (χ2v) is 36.3. The molecular formula is C100H93F4N15O10S2. The standard InChI is InChI=1S/C36H33F2N5O4S.C34H31N5O4S.C30H29F2N5O2/c37-35(38)24-41-15-13-29(23-41)47-34-11-8-26(20-27(34)22-39)31-12-14-40-36-32(31)21-33(43(36)48(44,45)30-4-2-1-3-5-30)25-6-9-28(10-7-25)42-16-18-46-19-17-42;35-22-26-20-25(8-11-33(26)43-28-12-14-36-23-28)30-13-15-37-34-31(30)21-32(39(34)44(40,41)29-4-2-1-3-5-29)24-6-9-27(10-7-24)38-16-18-42-19-17-38;31-29(32)19-36-10-8-24(18-36)39-28-6-3-21(15-22(28)17-33)25-7-9-34-30-26(25)16-27(35-30)20-1-4-23(5-2-20)37-11-13-38-14-12-37/h1-12,14,20-21,29,35H,13,15-19,23-24H2;1-11,13,15,20-21,28,36H,12,14,16-19,23H2;1-7,9,15-16,24,29H,8,10-14,18-19H2,(H,34,35)/t29-;28-;24-/m111/s1. The highest BCUT2D eigenvalue weighted by Crippen LogP contribution is 2.43. The number of alkyl halides is 4. The van der Waals surface area contributed by atoms with Crippen LogP contribution in [-0.2, 0) is 34.3 Å². The molecule has 0 aliphatic carbocycles. The van der Waals surface area contributed by atoms with Crippen LogP contribution in [0.1, 0.15) is 36.0 Å². The number of morpholine rings is 3. The van der Waals surface area contributed by atoms with Gasteiger partial charge in [-0.1, -0.05) is 91.0 Å². The van der Waals surface area contributed by atoms with Crippen molar-refractivity contribution in [3.05, 3.63) is 260 Å². The Labute approximate surface area is 755 Å². The number of hydrogen-bond donors (Lipinski definition) is 2. The molecule has 0 amide bonds. The molecular weight excluding hydrogens is 1710 g/mol. The van der Waals surface area contributed by atoms with E-state index in [2.05, 4.69) is 88.5 Å². The lowest BCUT2D eigenvalue weighted by molar-refractivity contribution is 0.0925. The van der Waals surface area contributed by atoms with Gasteiger partial charge in [-0.3, -0.25) is 9.80 Å². The first-order valence-corrected chi connectivity index (χ1v) is 46.5. The van der Waals surface area contributed by atoms with Crippen LogP contribution in [0.2, 0.25) is 0 Å². The lowest BCUT2D eigenvalue weighted by Crippen LogP contribution is -2.36. The van der Waals surface area contributed by atoms with E-state index < -0.39 is 32.9 Å². The van der Waals surface area contributed by atoms with Crippen LogP contribution >= 0.6 is 0 Å². The summed E-state index contributed by atoms with van der Waals surface area (Å²) in [4.78, 5) is 27.6. The fraction of sp³-hybridized carbons (Fsp3) is 0.280. The molecule has 6 aliphatic heterocycles. The molecule has 0 bridgehead atoms. The summed E-state index contributed by atoms with van der Waals surface area (Å²) in [6, 6.07) is 75.3. The Morgan fingerprint density at radius 2 is 0.771 bits per heavy atom. The van der Waals surface area contributed by atoms with E-state index in [0.717, 1.165) is 133 Å². The Morgan fingerprint density at radius 3 is 1.15 bits per heavy atom. The molecule has 6 saturated heterocycles. The summed E-state index contributed by atoms with van der Waals surface area (Å²) in [5.74, 6) is 1.40. The van der Waals surface area contributed by atoms with Gasteiger partial charge in [0.1, 0.15) is 59.4 Å². The quantitative estimate of drug-likeness (QED) is 0.0563. The van der Waals surface area contributed by atoms with Crippen molar-refractivity contribution in [3.8, 4) is 103 Å². The fourth-order valence-electron chi connectivity index (χ4n) is 17.8. The highest BCUT2D eigenvalue weighted by atomic mass is 32.2. The smallest absolute Gasteiger partial charge is 0.269 e. The van der Waals surface area contributed by atoms with Gasteiger partial charge in [-0.25, -0.2) is 57.3 Å². The molecule has 131 heavy (non-hydrogen) atoms. The molecule has 31 heteroatoms. The Balaban J connectivity index is 0.000000133. The van der Waals surface area contributed by atoms with Crippen molar-refractivity contribution in [3.63, 3.8) is 0 Å². The van der Waals surface area contributed by atoms with E-state index in [-0.39, 0.29) is 46.8 Å². The Bertz CT molecular complexity index is 6810. The van der Waals surface area contributed by atoms with Gasteiger partial charge in [0.2, 0.25) is 0 Å². The van der Waals surface area contributed by atoms with Crippen molar-refractivity contribution in [1.82, 2.24) is 43.0 Å². The normalized spacial score (nSPS) is 17.4. The lowest BCUT2D eigenvalue weighted by atomic mass is 10.0. The Morgan fingerprint density at radius 1 is 0.405 bits per heavy atom. The molecule has 2 N–H and O–H groups in total. The van der Waals surface area contributed by atoms with Gasteiger partial charge in [-0.2, -0.15) is 15.8 Å². The first kappa shape index (κ1) is 88.1. The number of likely N-dealkylation sites (tertiary alicyclic amines) is 2. The van der Waals surface area contributed by atoms with E-state index in [0.29, 0.717) is 144 Å². The van der Waals surface area contributed by atoms with Crippen molar-refractivity contribution < 1.29 is 62.8 Å². The Hall–Kier alpha value is -13.5. The predicted octanol–water partition coefficient (Wildman–Crippen LogP) is 16.4. The van der Waals surface area contributed by atoms with Crippen LogP contribution in [0.4, 0.5) is 34.6 Å². The van der Waals surface area contributed by atoms with Crippen molar-refractivity contribution in [2.24, 2.45) is 0 Å². The van der Waals surface area contributed by atoms with Crippen LogP contribution in [0.5, 0.6) is 17.2 Å². The van der Waals surface area contributed by atoms with Crippen LogP contribution < -0.4 is 34.2 Å². The first-order chi connectivity index (χ1) is 63.9. The third kappa shape index (κ3) is 19.4. The van der Waals surface area contributed by atoms with Crippen molar-refractivity contribution >= 4 is 70.2 Å². The molecule has 668 valence electrons. The zero-order chi connectivity index (χ0) is 90.1. The molecule has 6 fully saturated rings. The Kier molecular flexibility index (Phi) is 26.5. The van der Waals surface area contributed by atoms with Gasteiger partial charge in [-0.15, -0.1) is 0 Å². The maximum absolute atomic E-state index is 14.3. The molecule has 0 spiro atoms. The van der Waals surface area contributed by atoms with Crippen LogP contribution in [0.25, 0.3) is 100 Å². The maximum Gasteiger partial charge on any atom is 0.269 e. The second-order valence-electron chi connectivity index (χ2n) is 32.7. The van der Waals surface area contributed by atoms with Crippen molar-refractivity contribution in [2.45, 2.75) is 60.2 Å². The number of rotatable bonds is 23. The van der Waals surface area contributed by atoms with E-state index in [4.69, 9.17) is 28.4 Å². The van der Waals surface area contributed by atoms with Gasteiger partial charge >= 0.3 is 0 Å². The zero-order valence-corrected chi connectivity index (χ0v) is 73.1. The molecule has 12 heterocycles. The van der Waals surface area contributed by atoms with Gasteiger partial charge in [-0.05, 0) is 209 Å². The summed E-state index contributed by atoms with van der Waals surface area (Å²) >= 11 is 0. The molecule has 3 atom stereocenters. The van der Waals surface area contributed by atoms with Crippen molar-refractivity contribution in [1.29, 1.82) is 15.8 Å². The summed E-state index contributed by atoms with van der Waals surface area (Å²) < 4.78 is 145. The minimum absolute atomic E-state index is 0.0231. The van der Waals surface area contributed by atoms with E-state index in [9.17, 15) is 50.2 Å². The summed E-state index contributed by atoms with van der Waals surface area (Å²) in [6.45, 7) is 12.1. The van der Waals surface area contributed by atoms with Gasteiger partial charge < -0.3 is 53.4 Å². The molecule has 25 nitrogen and oxygen atoms in total. The number of anilines is 3. The SMILES string of the molecule is N#Cc1cc(-c2ccnc3[nH]c(-c4ccc(N5CCOCC5)cc4)cc23)ccc1O[C@@H]1CCN(CC(F)F)C1.N#Cc1cc(-c2ccnc3c2cc(-c2ccc(N4CCOCC4)cc2)n3S(=O)(=O)c2ccccc2)ccc1O[C@@H]1CCN(CC(F)F)C1.N#Cc1cc(-c2ccnc3c2cc(-c2ccc(N4CCOCC4)cc2)n3S(=O)(=O)c2ccccc2)ccc1O[C@@H]1CCNC1. The van der Waals surface area contributed by atoms with E-state index >= 15 is 0 Å². The van der Waals surface area contributed by atoms with Crippen LogP contribution in [0.15, 0.2) is 253 Å². The summed E-state index contributed by atoms with van der Waals surface area (Å²) in [5.41, 5.74) is 14.9. The van der Waals surface area contributed by atoms with Gasteiger partial charge in [0, 0.05) is 129 Å². The lowest BCUT2D eigenvalue weighted by Gasteiger charge is -2.28. The molecule has 14 aromatic rings. The molecule has 0 radical (unpaired) electrons. The number of aromatic amines is 1. The molecule has 6 aliphatic rings. The average Bonchev–Trinajstić information content (AvgIpc) is 1.59. The van der Waals surface area contributed by atoms with Crippen LogP contribution in [0, 0.1) is 34.0 Å². The summed E-state index contributed by atoms with van der Waals surface area (Å²) in [7, 11) is -8.09. The number of benzene rings is 8. The molecule has 0 unspecified atom stereocenters. The van der Waals surface area contributed by atoms with E-state index in [1.165, 1.54) is 13.6 Å². The first-order valence-electron chi connectivity index (χ1n) is 43.7. The topological polar surface area (TPSA) is 288 Å². The van der Waals surface area contributed by atoms with Gasteiger partial charge in [0.25, 0.3) is 32.9 Å². The third-order valence-electron chi connectivity index (χ3n) is 24.4. The van der Waals surface area contributed by atoms with Crippen LogP contribution in [-0.4, -0.2) is 217 Å². The number of nitrogens with one attached hydrogen (secondary N) is 2. The highest BCUT2D eigenvalue weighted by Gasteiger charge is 2.33. The minimum atomic E-state index is -4.07. The number of hydrogen-bond acceptors (Lipinski definition) is 22. The zero-order valence-electron chi connectivity index (χ0n) is 71.5. The third-order valence-corrected chi connectivity index (χ3v) is 27.9. The largest absolute Gasteiger partial charge is 0.488 e. The van der Waals surface area contributed by atoms with Crippen molar-refractivity contribution in [2.75, 3.05) is 146 Å². The summed E-state index contributed by atoms with van der Waals surface area (Å²) in [5, 5.41) is 35.4. The number of H-pyrrole nitrogens is 1. The average molecular weight is 1810 g/mol. The van der Waals surface area contributed by atoms with Gasteiger partial charge in [0.15, 0.2) is 11.3 Å². The number of aromatic nitrogens is 6. The minimum Gasteiger partial charge on any atom is -0.488 e. The fourth-order valence-corrected chi connectivity index (χ4v) is 20.8. The highest BCUT2D eigenvalue weighted by molar-refractivity contribution is 7.90. The predicted molar refractivity (Wildman–Crippen MR) is 494 cm³/mol. The summed E-state index contributed by atoms with van der Waals surface area (Å²) in [6.07, 6.45) is 1.79. The maximum atomic E-state index is 14.3. The number of pyridine rings is 3. The van der Waals surface area contributed by atoms with E-state index in [1.54, 1.807) is 119 Å². The second kappa shape index (κ2) is 39.4. The number of halogens is 4. The molecule has 0 saturated carbocycles.